The third kappa shape index (κ3) is 4.01. The van der Waals surface area contributed by atoms with Crippen molar-refractivity contribution in [2.45, 2.75) is 11.3 Å². The molecule has 0 aliphatic heterocycles. The number of rotatable bonds is 6. The Morgan fingerprint density at radius 1 is 1.19 bits per heavy atom. The molecule has 26 heavy (non-hydrogen) atoms. The maximum atomic E-state index is 12.7. The molecule has 0 spiro atoms. The van der Waals surface area contributed by atoms with Crippen molar-refractivity contribution in [3.8, 4) is 11.4 Å². The molecule has 138 valence electrons. The summed E-state index contributed by atoms with van der Waals surface area (Å²) in [5.74, 6) is -0.787. The van der Waals surface area contributed by atoms with Crippen molar-refractivity contribution < 1.29 is 22.3 Å². The lowest BCUT2D eigenvalue weighted by atomic mass is 10.3. The Kier molecular flexibility index (Phi) is 5.21. The van der Waals surface area contributed by atoms with E-state index in [1.165, 1.54) is 36.5 Å². The lowest BCUT2D eigenvalue weighted by Crippen LogP contribution is -2.23. The molecule has 10 heteroatoms. The third-order valence-corrected chi connectivity index (χ3v) is 4.36. The van der Waals surface area contributed by atoms with Crippen LogP contribution in [0.2, 0.25) is 0 Å². The van der Waals surface area contributed by atoms with E-state index in [4.69, 9.17) is 4.74 Å². The van der Waals surface area contributed by atoms with Gasteiger partial charge in [0.15, 0.2) is 5.16 Å². The number of fused-ring (bicyclic) bond motifs is 1. The van der Waals surface area contributed by atoms with Crippen LogP contribution in [0.4, 0.5) is 17.6 Å². The van der Waals surface area contributed by atoms with Crippen molar-refractivity contribution in [2.75, 3.05) is 19.0 Å². The molecule has 0 atom stereocenters. The van der Waals surface area contributed by atoms with Gasteiger partial charge in [-0.25, -0.2) is 9.37 Å². The summed E-state index contributed by atoms with van der Waals surface area (Å²) < 4.78 is 56.2. The number of alkyl halides is 4. The van der Waals surface area contributed by atoms with E-state index in [0.29, 0.717) is 28.7 Å². The van der Waals surface area contributed by atoms with E-state index >= 15 is 0 Å². The van der Waals surface area contributed by atoms with Gasteiger partial charge < -0.3 is 9.72 Å². The van der Waals surface area contributed by atoms with Gasteiger partial charge in [-0.05, 0) is 30.3 Å². The third-order valence-electron chi connectivity index (χ3n) is 3.36. The molecule has 2 aromatic heterocycles. The average Bonchev–Trinajstić information content (AvgIpc) is 3.07. The highest BCUT2D eigenvalue weighted by molar-refractivity contribution is 7.99. The lowest BCUT2D eigenvalue weighted by Gasteiger charge is -2.13. The van der Waals surface area contributed by atoms with Crippen molar-refractivity contribution in [1.82, 2.24) is 14.5 Å². The van der Waals surface area contributed by atoms with Crippen LogP contribution < -0.4 is 10.3 Å². The van der Waals surface area contributed by atoms with Crippen LogP contribution in [0.3, 0.4) is 0 Å². The quantitative estimate of drug-likeness (QED) is 0.398. The number of hydrogen-bond acceptors (Lipinski definition) is 4. The Hall–Kier alpha value is -2.49. The number of thioether (sulfide) groups is 1. The predicted octanol–water partition coefficient (Wildman–Crippen LogP) is 3.72. The number of H-pyrrole nitrogens is 1. The molecule has 0 aliphatic carbocycles. The molecule has 0 amide bonds. The van der Waals surface area contributed by atoms with Gasteiger partial charge in [0.2, 0.25) is 0 Å². The number of nitrogens with zero attached hydrogens (tertiary/aromatic N) is 2. The van der Waals surface area contributed by atoms with E-state index < -0.39 is 24.2 Å². The zero-order valence-corrected chi connectivity index (χ0v) is 14.0. The van der Waals surface area contributed by atoms with Gasteiger partial charge >= 0.3 is 6.18 Å². The van der Waals surface area contributed by atoms with Gasteiger partial charge in [0, 0.05) is 6.20 Å². The summed E-state index contributed by atoms with van der Waals surface area (Å²) in [6.45, 7) is -0.755. The van der Waals surface area contributed by atoms with Crippen LogP contribution >= 0.6 is 11.8 Å². The monoisotopic (exact) mass is 387 g/mol. The van der Waals surface area contributed by atoms with Gasteiger partial charge in [-0.1, -0.05) is 11.8 Å². The second-order valence-electron chi connectivity index (χ2n) is 5.21. The topological polar surface area (TPSA) is 59.9 Å². The minimum absolute atomic E-state index is 0.0724. The van der Waals surface area contributed by atoms with E-state index in [-0.39, 0.29) is 17.3 Å². The summed E-state index contributed by atoms with van der Waals surface area (Å²) in [6, 6.07) is 7.54. The number of nitrogens with one attached hydrogen (secondary N) is 1. The fraction of sp³-hybridized carbons (Fsp3) is 0.250. The predicted molar refractivity (Wildman–Crippen MR) is 89.9 cm³/mol. The van der Waals surface area contributed by atoms with Crippen molar-refractivity contribution in [3.63, 3.8) is 0 Å². The Morgan fingerprint density at radius 3 is 2.58 bits per heavy atom. The smallest absolute Gasteiger partial charge is 0.398 e. The number of aromatic nitrogens is 3. The van der Waals surface area contributed by atoms with E-state index in [9.17, 15) is 22.4 Å². The molecule has 0 saturated heterocycles. The minimum Gasteiger partial charge on any atom is -0.491 e. The summed E-state index contributed by atoms with van der Waals surface area (Å²) >= 11 is 0.431. The van der Waals surface area contributed by atoms with Crippen LogP contribution in [0.25, 0.3) is 16.7 Å². The van der Waals surface area contributed by atoms with E-state index in [2.05, 4.69) is 9.97 Å². The lowest BCUT2D eigenvalue weighted by molar-refractivity contribution is -0.105. The van der Waals surface area contributed by atoms with Crippen LogP contribution in [-0.2, 0) is 0 Å². The highest BCUT2D eigenvalue weighted by atomic mass is 32.2. The molecule has 2 heterocycles. The number of halogens is 4. The Bertz CT molecular complexity index is 951. The first-order valence-corrected chi connectivity index (χ1v) is 8.46. The summed E-state index contributed by atoms with van der Waals surface area (Å²) in [7, 11) is 0. The molecule has 0 fully saturated rings. The number of hydrogen-bond donors (Lipinski definition) is 1. The highest BCUT2D eigenvalue weighted by Crippen LogP contribution is 2.28. The molecule has 5 nitrogen and oxygen atoms in total. The minimum atomic E-state index is -4.40. The van der Waals surface area contributed by atoms with Gasteiger partial charge in [-0.15, -0.1) is 0 Å². The molecule has 3 rings (SSSR count). The van der Waals surface area contributed by atoms with Gasteiger partial charge in [0.05, 0.1) is 17.0 Å². The van der Waals surface area contributed by atoms with Gasteiger partial charge in [0.25, 0.3) is 5.56 Å². The maximum absolute atomic E-state index is 12.7. The van der Waals surface area contributed by atoms with Crippen LogP contribution in [0.5, 0.6) is 5.75 Å². The molecule has 1 aromatic carbocycles. The van der Waals surface area contributed by atoms with Gasteiger partial charge in [0.1, 0.15) is 24.5 Å². The number of ether oxygens (including phenoxy) is 1. The summed E-state index contributed by atoms with van der Waals surface area (Å²) in [4.78, 5) is 19.6. The summed E-state index contributed by atoms with van der Waals surface area (Å²) in [5.41, 5.74) is 0.302. The Morgan fingerprint density at radius 2 is 1.92 bits per heavy atom. The van der Waals surface area contributed by atoms with Crippen molar-refractivity contribution in [1.29, 1.82) is 0 Å². The van der Waals surface area contributed by atoms with E-state index in [0.717, 1.165) is 4.57 Å². The van der Waals surface area contributed by atoms with Crippen molar-refractivity contribution in [2.24, 2.45) is 0 Å². The largest absolute Gasteiger partial charge is 0.491 e. The molecule has 0 bridgehead atoms. The van der Waals surface area contributed by atoms with Crippen LogP contribution in [0.1, 0.15) is 0 Å². The van der Waals surface area contributed by atoms with Crippen molar-refractivity contribution >= 4 is 22.8 Å². The van der Waals surface area contributed by atoms with Crippen LogP contribution in [0, 0.1) is 0 Å². The molecule has 0 radical (unpaired) electrons. The number of aromatic amines is 1. The zero-order chi connectivity index (χ0) is 18.7. The first-order chi connectivity index (χ1) is 12.4. The molecule has 1 N–H and O–H groups in total. The first-order valence-electron chi connectivity index (χ1n) is 7.48. The first kappa shape index (κ1) is 18.3. The molecule has 3 aromatic rings. The Labute approximate surface area is 149 Å². The second kappa shape index (κ2) is 7.40. The van der Waals surface area contributed by atoms with E-state index in [1.54, 1.807) is 0 Å². The summed E-state index contributed by atoms with van der Waals surface area (Å²) in [5, 5.41) is -0.0724. The maximum Gasteiger partial charge on any atom is 0.398 e. The fourth-order valence-corrected chi connectivity index (χ4v) is 3.07. The molecule has 0 unspecified atom stereocenters. The number of benzene rings is 1. The van der Waals surface area contributed by atoms with Gasteiger partial charge in [-0.2, -0.15) is 13.2 Å². The molecule has 0 saturated carbocycles. The Balaban J connectivity index is 2.04. The standard InChI is InChI=1S/C16H13F4N3O2S/c17-6-8-25-11-3-1-10(2-4-11)23-14(24)13-12(5-7-21-13)22-15(23)26-9-16(18,19)20/h1-5,7,21H,6,8-9H2. The van der Waals surface area contributed by atoms with Crippen molar-refractivity contribution in [3.05, 3.63) is 46.9 Å². The second-order valence-corrected chi connectivity index (χ2v) is 6.15. The molecular formula is C16H13F4N3O2S. The normalized spacial score (nSPS) is 11.8. The van der Waals surface area contributed by atoms with E-state index in [1.807, 2.05) is 0 Å². The fourth-order valence-electron chi connectivity index (χ4n) is 2.30. The zero-order valence-electron chi connectivity index (χ0n) is 13.2. The SMILES string of the molecule is O=c1c2[nH]ccc2nc(SCC(F)(F)F)n1-c1ccc(OCCF)cc1. The highest BCUT2D eigenvalue weighted by Gasteiger charge is 2.29. The van der Waals surface area contributed by atoms with Crippen LogP contribution in [0.15, 0.2) is 46.5 Å². The molecule has 0 aliphatic rings. The van der Waals surface area contributed by atoms with Gasteiger partial charge in [-0.3, -0.25) is 9.36 Å². The summed E-state index contributed by atoms with van der Waals surface area (Å²) in [6.07, 6.45) is -2.90. The van der Waals surface area contributed by atoms with Crippen LogP contribution in [-0.4, -0.2) is 39.7 Å². The average molecular weight is 387 g/mol. The molecular weight excluding hydrogens is 374 g/mol.